The molecule has 24 heavy (non-hydrogen) atoms. The minimum absolute atomic E-state index is 0.125. The molecule has 2 fully saturated rings. The van der Waals surface area contributed by atoms with E-state index < -0.39 is 5.60 Å². The van der Waals surface area contributed by atoms with E-state index in [2.05, 4.69) is 15.3 Å². The molecule has 1 spiro atoms. The highest BCUT2D eigenvalue weighted by molar-refractivity contribution is 5.78. The van der Waals surface area contributed by atoms with Crippen molar-refractivity contribution in [3.8, 4) is 5.88 Å². The largest absolute Gasteiger partial charge is 0.467 e. The highest BCUT2D eigenvalue weighted by Crippen LogP contribution is 2.31. The topological polar surface area (TPSA) is 102 Å². The first kappa shape index (κ1) is 14.7. The highest BCUT2D eigenvalue weighted by Gasteiger charge is 2.49. The van der Waals surface area contributed by atoms with Crippen molar-refractivity contribution < 1.29 is 19.1 Å². The second-order valence-electron chi connectivity index (χ2n) is 6.07. The molecule has 126 valence electrons. The third kappa shape index (κ3) is 2.49. The summed E-state index contributed by atoms with van der Waals surface area (Å²) in [4.78, 5) is 27.1. The van der Waals surface area contributed by atoms with E-state index in [1.54, 1.807) is 24.1 Å². The molecule has 2 aromatic rings. The van der Waals surface area contributed by atoms with Crippen molar-refractivity contribution in [2.24, 2.45) is 0 Å². The van der Waals surface area contributed by atoms with Crippen LogP contribution in [0.15, 0.2) is 18.5 Å². The maximum absolute atomic E-state index is 12.3. The Labute approximate surface area is 136 Å². The number of nitrogens with zero attached hydrogens (tertiary/aromatic N) is 6. The van der Waals surface area contributed by atoms with Gasteiger partial charge in [-0.1, -0.05) is 0 Å². The summed E-state index contributed by atoms with van der Waals surface area (Å²) in [5.74, 6) is 0.153. The van der Waals surface area contributed by atoms with Gasteiger partial charge in [0.2, 0.25) is 5.88 Å². The summed E-state index contributed by atoms with van der Waals surface area (Å²) < 4.78 is 12.4. The second-order valence-corrected chi connectivity index (χ2v) is 6.07. The smallest absolute Gasteiger partial charge is 0.410 e. The van der Waals surface area contributed by atoms with E-state index in [1.807, 2.05) is 0 Å². The summed E-state index contributed by atoms with van der Waals surface area (Å²) in [5.41, 5.74) is 0.0172. The Hall–Kier alpha value is -2.91. The zero-order valence-corrected chi connectivity index (χ0v) is 13.1. The van der Waals surface area contributed by atoms with Gasteiger partial charge in [0.25, 0.3) is 5.91 Å². The standard InChI is InChI=1S/C14H16N6O4/c1-18-7-14(24-13(18)22)4-5-19(8-14)12(21)6-23-11-3-2-10-16-15-9-20(10)17-11/h2-3,9H,4-8H2,1H3/t14-/m1/s1. The van der Waals surface area contributed by atoms with Gasteiger partial charge in [-0.25, -0.2) is 4.79 Å². The van der Waals surface area contributed by atoms with Gasteiger partial charge >= 0.3 is 6.09 Å². The van der Waals surface area contributed by atoms with E-state index in [-0.39, 0.29) is 18.6 Å². The Bertz CT molecular complexity index is 807. The Morgan fingerprint density at radius 2 is 2.29 bits per heavy atom. The van der Waals surface area contributed by atoms with Crippen molar-refractivity contribution in [3.05, 3.63) is 18.5 Å². The van der Waals surface area contributed by atoms with Crippen LogP contribution in [0.25, 0.3) is 5.65 Å². The quantitative estimate of drug-likeness (QED) is 0.750. The Kier molecular flexibility index (Phi) is 3.25. The van der Waals surface area contributed by atoms with E-state index in [1.165, 1.54) is 15.7 Å². The normalized spacial score (nSPS) is 23.3. The third-order valence-electron chi connectivity index (χ3n) is 4.29. The molecular weight excluding hydrogens is 316 g/mol. The summed E-state index contributed by atoms with van der Waals surface area (Å²) in [5, 5.41) is 11.7. The van der Waals surface area contributed by atoms with E-state index in [0.717, 1.165) is 0 Å². The second kappa shape index (κ2) is 5.32. The minimum atomic E-state index is -0.582. The Morgan fingerprint density at radius 3 is 3.08 bits per heavy atom. The molecule has 10 heteroatoms. The number of carbonyl (C=O) groups excluding carboxylic acids is 2. The summed E-state index contributed by atoms with van der Waals surface area (Å²) in [6, 6.07) is 3.34. The molecule has 2 saturated heterocycles. The molecule has 10 nitrogen and oxygen atoms in total. The number of carbonyl (C=O) groups is 2. The lowest BCUT2D eigenvalue weighted by molar-refractivity contribution is -0.133. The molecular formula is C14H16N6O4. The van der Waals surface area contributed by atoms with E-state index >= 15 is 0 Å². The number of fused-ring (bicyclic) bond motifs is 1. The molecule has 2 aliphatic heterocycles. The van der Waals surface area contributed by atoms with Crippen LogP contribution in [0.3, 0.4) is 0 Å². The van der Waals surface area contributed by atoms with Crippen LogP contribution in [0.1, 0.15) is 6.42 Å². The van der Waals surface area contributed by atoms with Gasteiger partial charge in [-0.2, -0.15) is 4.52 Å². The number of hydrogen-bond acceptors (Lipinski definition) is 7. The fourth-order valence-corrected chi connectivity index (χ4v) is 3.08. The molecule has 0 N–H and O–H groups in total. The maximum atomic E-state index is 12.3. The van der Waals surface area contributed by atoms with Crippen LogP contribution in [0, 0.1) is 0 Å². The van der Waals surface area contributed by atoms with Gasteiger partial charge in [0.05, 0.1) is 13.1 Å². The van der Waals surface area contributed by atoms with Gasteiger partial charge in [0.15, 0.2) is 17.9 Å². The fourth-order valence-electron chi connectivity index (χ4n) is 3.08. The highest BCUT2D eigenvalue weighted by atomic mass is 16.6. The van der Waals surface area contributed by atoms with Crippen molar-refractivity contribution in [1.29, 1.82) is 0 Å². The maximum Gasteiger partial charge on any atom is 0.410 e. The molecule has 0 unspecified atom stereocenters. The van der Waals surface area contributed by atoms with Crippen LogP contribution in [0.4, 0.5) is 4.79 Å². The number of likely N-dealkylation sites (tertiary alicyclic amines) is 1. The van der Waals surface area contributed by atoms with Crippen LogP contribution in [-0.4, -0.2) is 80.5 Å². The van der Waals surface area contributed by atoms with Gasteiger partial charge in [-0.05, 0) is 6.07 Å². The molecule has 2 amide bonds. The molecule has 4 heterocycles. The van der Waals surface area contributed by atoms with E-state index in [9.17, 15) is 9.59 Å². The van der Waals surface area contributed by atoms with E-state index in [0.29, 0.717) is 37.6 Å². The molecule has 2 aromatic heterocycles. The summed E-state index contributed by atoms with van der Waals surface area (Å²) in [7, 11) is 1.69. The average Bonchev–Trinajstić information content (AvgIpc) is 3.25. The molecule has 0 radical (unpaired) electrons. The first-order valence-electron chi connectivity index (χ1n) is 7.56. The Morgan fingerprint density at radius 1 is 1.42 bits per heavy atom. The number of aromatic nitrogens is 4. The van der Waals surface area contributed by atoms with Crippen LogP contribution >= 0.6 is 0 Å². The molecule has 0 saturated carbocycles. The minimum Gasteiger partial charge on any atom is -0.467 e. The lowest BCUT2D eigenvalue weighted by atomic mass is 10.0. The molecule has 1 atom stereocenters. The molecule has 0 aliphatic carbocycles. The van der Waals surface area contributed by atoms with E-state index in [4.69, 9.17) is 9.47 Å². The Balaban J connectivity index is 1.36. The predicted octanol–water partition coefficient (Wildman–Crippen LogP) is -0.444. The first-order chi connectivity index (χ1) is 11.5. The number of hydrogen-bond donors (Lipinski definition) is 0. The van der Waals surface area contributed by atoms with Crippen LogP contribution < -0.4 is 4.74 Å². The zero-order chi connectivity index (χ0) is 16.7. The van der Waals surface area contributed by atoms with Crippen LogP contribution in [0.2, 0.25) is 0 Å². The zero-order valence-electron chi connectivity index (χ0n) is 13.1. The molecule has 4 rings (SSSR count). The molecule has 0 aromatic carbocycles. The van der Waals surface area contributed by atoms with Crippen molar-refractivity contribution in [3.63, 3.8) is 0 Å². The summed E-state index contributed by atoms with van der Waals surface area (Å²) >= 11 is 0. The lowest BCUT2D eigenvalue weighted by Crippen LogP contribution is -2.40. The molecule has 0 bridgehead atoms. The van der Waals surface area contributed by atoms with Crippen molar-refractivity contribution in [2.45, 2.75) is 12.0 Å². The number of likely N-dealkylation sites (N-methyl/N-ethyl adjacent to an activating group) is 1. The third-order valence-corrected chi connectivity index (χ3v) is 4.29. The summed E-state index contributed by atoms with van der Waals surface area (Å²) in [6.07, 6.45) is 1.76. The fraction of sp³-hybridized carbons (Fsp3) is 0.500. The van der Waals surface area contributed by atoms with Crippen molar-refractivity contribution in [1.82, 2.24) is 29.6 Å². The van der Waals surface area contributed by atoms with Crippen molar-refractivity contribution in [2.75, 3.05) is 33.3 Å². The SMILES string of the molecule is CN1C[C@@]2(CCN(C(=O)COc3ccc4nncn4n3)C2)OC1=O. The lowest BCUT2D eigenvalue weighted by Gasteiger charge is -2.21. The van der Waals surface area contributed by atoms with Gasteiger partial charge < -0.3 is 19.3 Å². The monoisotopic (exact) mass is 332 g/mol. The van der Waals surface area contributed by atoms with Gasteiger partial charge in [0, 0.05) is 26.1 Å². The average molecular weight is 332 g/mol. The number of ether oxygens (including phenoxy) is 2. The van der Waals surface area contributed by atoms with Gasteiger partial charge in [0.1, 0.15) is 6.33 Å². The van der Waals surface area contributed by atoms with Crippen LogP contribution in [-0.2, 0) is 9.53 Å². The van der Waals surface area contributed by atoms with Crippen LogP contribution in [0.5, 0.6) is 5.88 Å². The van der Waals surface area contributed by atoms with Gasteiger partial charge in [-0.3, -0.25) is 4.79 Å². The van der Waals surface area contributed by atoms with Gasteiger partial charge in [-0.15, -0.1) is 15.3 Å². The first-order valence-corrected chi connectivity index (χ1v) is 7.56. The molecule has 2 aliphatic rings. The predicted molar refractivity (Wildman–Crippen MR) is 79.3 cm³/mol. The summed E-state index contributed by atoms with van der Waals surface area (Å²) in [6.45, 7) is 1.31. The number of rotatable bonds is 3. The van der Waals surface area contributed by atoms with Crippen molar-refractivity contribution >= 4 is 17.6 Å². The number of amides is 2.